The second-order valence-corrected chi connectivity index (χ2v) is 7.51. The lowest BCUT2D eigenvalue weighted by molar-refractivity contribution is -0.125. The third-order valence-corrected chi connectivity index (χ3v) is 5.50. The number of hydrogen-bond donors (Lipinski definition) is 3. The summed E-state index contributed by atoms with van der Waals surface area (Å²) in [6.45, 7) is 3.50. The van der Waals surface area contributed by atoms with Gasteiger partial charge in [0, 0.05) is 19.6 Å². The SMILES string of the molecule is CC(C)N(C)S(=O)(=O)c1ccc(CNC(=O)CNC(=O)CN)cc1.Cl. The number of hydrogen-bond acceptors (Lipinski definition) is 5. The summed E-state index contributed by atoms with van der Waals surface area (Å²) in [4.78, 5) is 22.7. The number of amides is 2. The zero-order valence-electron chi connectivity index (χ0n) is 14.5. The fraction of sp³-hybridized carbons (Fsp3) is 0.467. The van der Waals surface area contributed by atoms with Gasteiger partial charge in [0.2, 0.25) is 21.8 Å². The van der Waals surface area contributed by atoms with Crippen molar-refractivity contribution in [1.29, 1.82) is 0 Å². The number of nitrogens with two attached hydrogens (primary N) is 1. The van der Waals surface area contributed by atoms with Crippen molar-refractivity contribution in [2.24, 2.45) is 5.73 Å². The summed E-state index contributed by atoms with van der Waals surface area (Å²) in [5.74, 6) is -0.762. The van der Waals surface area contributed by atoms with Gasteiger partial charge in [-0.3, -0.25) is 9.59 Å². The van der Waals surface area contributed by atoms with E-state index in [1.807, 2.05) is 0 Å². The molecule has 0 radical (unpaired) electrons. The number of carbonyl (C=O) groups is 2. The highest BCUT2D eigenvalue weighted by Crippen LogP contribution is 2.17. The van der Waals surface area contributed by atoms with Gasteiger partial charge in [-0.05, 0) is 31.5 Å². The molecular formula is C15H25ClN4O4S. The van der Waals surface area contributed by atoms with Crippen LogP contribution in [0.15, 0.2) is 29.2 Å². The van der Waals surface area contributed by atoms with E-state index < -0.39 is 15.9 Å². The summed E-state index contributed by atoms with van der Waals surface area (Å²) >= 11 is 0. The normalized spacial score (nSPS) is 11.1. The number of carbonyl (C=O) groups excluding carboxylic acids is 2. The number of rotatable bonds is 8. The molecule has 0 unspecified atom stereocenters. The molecule has 25 heavy (non-hydrogen) atoms. The Morgan fingerprint density at radius 3 is 2.16 bits per heavy atom. The van der Waals surface area contributed by atoms with Crippen LogP contribution in [0.25, 0.3) is 0 Å². The lowest BCUT2D eigenvalue weighted by atomic mass is 10.2. The van der Waals surface area contributed by atoms with E-state index in [0.29, 0.717) is 0 Å². The summed E-state index contributed by atoms with van der Waals surface area (Å²) in [5, 5.41) is 4.98. The van der Waals surface area contributed by atoms with Crippen molar-refractivity contribution < 1.29 is 18.0 Å². The van der Waals surface area contributed by atoms with E-state index in [4.69, 9.17) is 5.73 Å². The zero-order chi connectivity index (χ0) is 18.3. The van der Waals surface area contributed by atoms with Crippen LogP contribution >= 0.6 is 12.4 Å². The Balaban J connectivity index is 0.00000576. The van der Waals surface area contributed by atoms with Crippen molar-refractivity contribution in [2.75, 3.05) is 20.1 Å². The molecule has 0 fully saturated rings. The molecule has 0 bridgehead atoms. The summed E-state index contributed by atoms with van der Waals surface area (Å²) < 4.78 is 26.0. The van der Waals surface area contributed by atoms with Gasteiger partial charge in [0.25, 0.3) is 0 Å². The number of halogens is 1. The highest BCUT2D eigenvalue weighted by molar-refractivity contribution is 7.89. The molecule has 0 saturated carbocycles. The van der Waals surface area contributed by atoms with Gasteiger partial charge in [0.1, 0.15) is 0 Å². The molecule has 2 amide bonds. The molecule has 0 aliphatic carbocycles. The molecule has 0 heterocycles. The molecule has 4 N–H and O–H groups in total. The molecule has 0 aliphatic rings. The summed E-state index contributed by atoms with van der Waals surface area (Å²) in [5.41, 5.74) is 5.87. The van der Waals surface area contributed by atoms with E-state index in [-0.39, 0.29) is 48.9 Å². The maximum atomic E-state index is 12.3. The van der Waals surface area contributed by atoms with Crippen molar-refractivity contribution in [1.82, 2.24) is 14.9 Å². The first kappa shape index (κ1) is 23.3. The van der Waals surface area contributed by atoms with Gasteiger partial charge in [0.05, 0.1) is 18.0 Å². The Labute approximate surface area is 154 Å². The van der Waals surface area contributed by atoms with Crippen molar-refractivity contribution in [2.45, 2.75) is 31.3 Å². The number of nitrogens with zero attached hydrogens (tertiary/aromatic N) is 1. The Kier molecular flexibility index (Phi) is 9.65. The van der Waals surface area contributed by atoms with Crippen LogP contribution in [0, 0.1) is 0 Å². The lowest BCUT2D eigenvalue weighted by Crippen LogP contribution is -2.39. The molecule has 1 aromatic rings. The third kappa shape index (κ3) is 6.99. The minimum Gasteiger partial charge on any atom is -0.350 e. The van der Waals surface area contributed by atoms with E-state index in [2.05, 4.69) is 10.6 Å². The summed E-state index contributed by atoms with van der Waals surface area (Å²) in [6.07, 6.45) is 0. The molecule has 1 rings (SSSR count). The molecule has 10 heteroatoms. The molecule has 0 spiro atoms. The highest BCUT2D eigenvalue weighted by Gasteiger charge is 2.22. The number of benzene rings is 1. The van der Waals surface area contributed by atoms with Gasteiger partial charge < -0.3 is 16.4 Å². The molecule has 0 saturated heterocycles. The zero-order valence-corrected chi connectivity index (χ0v) is 16.1. The van der Waals surface area contributed by atoms with Crippen LogP contribution < -0.4 is 16.4 Å². The van der Waals surface area contributed by atoms with Crippen molar-refractivity contribution in [3.05, 3.63) is 29.8 Å². The van der Waals surface area contributed by atoms with Crippen LogP contribution in [-0.2, 0) is 26.2 Å². The first-order valence-electron chi connectivity index (χ1n) is 7.49. The maximum absolute atomic E-state index is 12.3. The average Bonchev–Trinajstić information content (AvgIpc) is 2.57. The van der Waals surface area contributed by atoms with Crippen molar-refractivity contribution in [3.8, 4) is 0 Å². The Bertz CT molecular complexity index is 677. The molecule has 142 valence electrons. The standard InChI is InChI=1S/C15H24N4O4S.ClH/c1-11(2)19(3)24(22,23)13-6-4-12(5-7-13)9-17-15(21)10-18-14(20)8-16;/h4-7,11H,8-10,16H2,1-3H3,(H,17,21)(H,18,20);1H. The molecule has 8 nitrogen and oxygen atoms in total. The van der Waals surface area contributed by atoms with E-state index in [9.17, 15) is 18.0 Å². The molecule has 1 aromatic carbocycles. The van der Waals surface area contributed by atoms with Gasteiger partial charge in [-0.15, -0.1) is 12.4 Å². The summed E-state index contributed by atoms with van der Waals surface area (Å²) in [7, 11) is -1.99. The predicted octanol–water partition coefficient (Wildman–Crippen LogP) is -0.172. The monoisotopic (exact) mass is 392 g/mol. The molecule has 0 aliphatic heterocycles. The van der Waals surface area contributed by atoms with E-state index in [1.54, 1.807) is 26.0 Å². The molecule has 0 aromatic heterocycles. The van der Waals surface area contributed by atoms with E-state index >= 15 is 0 Å². The van der Waals surface area contributed by atoms with Crippen LogP contribution in [-0.4, -0.2) is 50.7 Å². The fourth-order valence-electron chi connectivity index (χ4n) is 1.74. The summed E-state index contributed by atoms with van der Waals surface area (Å²) in [6, 6.07) is 6.15. The molecular weight excluding hydrogens is 368 g/mol. The first-order valence-corrected chi connectivity index (χ1v) is 8.93. The van der Waals surface area contributed by atoms with Gasteiger partial charge in [0.15, 0.2) is 0 Å². The van der Waals surface area contributed by atoms with Crippen LogP contribution in [0.4, 0.5) is 0 Å². The second-order valence-electron chi connectivity index (χ2n) is 5.52. The fourth-order valence-corrected chi connectivity index (χ4v) is 3.10. The van der Waals surface area contributed by atoms with Gasteiger partial charge in [-0.1, -0.05) is 12.1 Å². The quantitative estimate of drug-likeness (QED) is 0.567. The minimum absolute atomic E-state index is 0. The van der Waals surface area contributed by atoms with Crippen molar-refractivity contribution in [3.63, 3.8) is 0 Å². The van der Waals surface area contributed by atoms with E-state index in [1.165, 1.54) is 23.5 Å². The van der Waals surface area contributed by atoms with Gasteiger partial charge >= 0.3 is 0 Å². The maximum Gasteiger partial charge on any atom is 0.243 e. The topological polar surface area (TPSA) is 122 Å². The minimum atomic E-state index is -3.52. The first-order chi connectivity index (χ1) is 11.2. The Morgan fingerprint density at radius 1 is 1.12 bits per heavy atom. The number of sulfonamides is 1. The van der Waals surface area contributed by atoms with Crippen LogP contribution in [0.5, 0.6) is 0 Å². The van der Waals surface area contributed by atoms with Gasteiger partial charge in [-0.25, -0.2) is 8.42 Å². The smallest absolute Gasteiger partial charge is 0.243 e. The molecule has 0 atom stereocenters. The Morgan fingerprint density at radius 2 is 1.68 bits per heavy atom. The largest absolute Gasteiger partial charge is 0.350 e. The second kappa shape index (κ2) is 10.3. The van der Waals surface area contributed by atoms with Crippen LogP contribution in [0.1, 0.15) is 19.4 Å². The lowest BCUT2D eigenvalue weighted by Gasteiger charge is -2.21. The highest BCUT2D eigenvalue weighted by atomic mass is 35.5. The predicted molar refractivity (Wildman–Crippen MR) is 97.7 cm³/mol. The Hall–Kier alpha value is -1.68. The van der Waals surface area contributed by atoms with Crippen molar-refractivity contribution >= 4 is 34.2 Å². The van der Waals surface area contributed by atoms with Crippen LogP contribution in [0.2, 0.25) is 0 Å². The number of nitrogens with one attached hydrogen (secondary N) is 2. The van der Waals surface area contributed by atoms with E-state index in [0.717, 1.165) is 5.56 Å². The van der Waals surface area contributed by atoms with Gasteiger partial charge in [-0.2, -0.15) is 4.31 Å². The van der Waals surface area contributed by atoms with Crippen LogP contribution in [0.3, 0.4) is 0 Å². The third-order valence-electron chi connectivity index (χ3n) is 3.45. The average molecular weight is 393 g/mol.